The number of amides is 1. The molecule has 0 spiro atoms. The molecule has 1 saturated heterocycles. The Balaban J connectivity index is 1.61. The zero-order valence-corrected chi connectivity index (χ0v) is 14.0. The molecule has 0 N–H and O–H groups in total. The van der Waals surface area contributed by atoms with Crippen molar-refractivity contribution >= 4 is 5.91 Å². The van der Waals surface area contributed by atoms with Crippen molar-refractivity contribution in [1.82, 2.24) is 19.6 Å². The lowest BCUT2D eigenvalue weighted by molar-refractivity contribution is -0.134. The maximum atomic E-state index is 11.6. The van der Waals surface area contributed by atoms with Crippen molar-refractivity contribution in [1.29, 1.82) is 0 Å². The first-order valence-corrected chi connectivity index (χ1v) is 8.24. The van der Waals surface area contributed by atoms with Crippen molar-refractivity contribution in [3.8, 4) is 0 Å². The number of carbonyl (C=O) groups is 1. The number of ether oxygens (including phenoxy) is 2. The van der Waals surface area contributed by atoms with E-state index in [0.29, 0.717) is 18.6 Å². The van der Waals surface area contributed by atoms with Gasteiger partial charge in [-0.15, -0.1) is 0 Å². The number of hydrogen-bond donors (Lipinski definition) is 0. The highest BCUT2D eigenvalue weighted by Crippen LogP contribution is 2.22. The van der Waals surface area contributed by atoms with Crippen LogP contribution in [0.5, 0.6) is 0 Å². The SMILES string of the molecule is CN(C)C(=O)COCC1CN(C2CCOC2)Cc2ccnn2C1. The summed E-state index contributed by atoms with van der Waals surface area (Å²) in [6, 6.07) is 2.56. The van der Waals surface area contributed by atoms with Gasteiger partial charge in [0.25, 0.3) is 0 Å². The minimum atomic E-state index is -0.000510. The average Bonchev–Trinajstić information content (AvgIpc) is 3.16. The maximum absolute atomic E-state index is 11.6. The van der Waals surface area contributed by atoms with Gasteiger partial charge in [-0.1, -0.05) is 0 Å². The zero-order valence-electron chi connectivity index (χ0n) is 14.0. The molecule has 1 aromatic heterocycles. The molecule has 128 valence electrons. The third-order valence-electron chi connectivity index (χ3n) is 4.59. The molecule has 3 rings (SSSR count). The number of aromatic nitrogens is 2. The van der Waals surface area contributed by atoms with E-state index >= 15 is 0 Å². The van der Waals surface area contributed by atoms with E-state index in [-0.39, 0.29) is 12.5 Å². The number of carbonyl (C=O) groups excluding carboxylic acids is 1. The molecule has 23 heavy (non-hydrogen) atoms. The lowest BCUT2D eigenvalue weighted by Gasteiger charge is -2.28. The molecule has 3 heterocycles. The van der Waals surface area contributed by atoms with Gasteiger partial charge in [-0.05, 0) is 12.5 Å². The number of nitrogens with zero attached hydrogens (tertiary/aromatic N) is 4. The van der Waals surface area contributed by atoms with Crippen LogP contribution in [0.2, 0.25) is 0 Å². The third kappa shape index (κ3) is 4.10. The lowest BCUT2D eigenvalue weighted by atomic mass is 10.1. The van der Waals surface area contributed by atoms with Gasteiger partial charge in [0.2, 0.25) is 5.91 Å². The molecular weight excluding hydrogens is 296 g/mol. The topological polar surface area (TPSA) is 59.8 Å². The van der Waals surface area contributed by atoms with Crippen molar-refractivity contribution in [2.75, 3.05) is 47.1 Å². The first-order chi connectivity index (χ1) is 11.1. The highest BCUT2D eigenvalue weighted by Gasteiger charge is 2.29. The van der Waals surface area contributed by atoms with Gasteiger partial charge >= 0.3 is 0 Å². The third-order valence-corrected chi connectivity index (χ3v) is 4.59. The molecule has 0 aliphatic carbocycles. The van der Waals surface area contributed by atoms with Gasteiger partial charge < -0.3 is 14.4 Å². The second-order valence-electron chi connectivity index (χ2n) is 6.62. The molecular formula is C16H26N4O3. The summed E-state index contributed by atoms with van der Waals surface area (Å²) in [5.74, 6) is 0.325. The van der Waals surface area contributed by atoms with Gasteiger partial charge in [0.05, 0.1) is 18.9 Å². The predicted octanol–water partition coefficient (Wildman–Crippen LogP) is 0.209. The van der Waals surface area contributed by atoms with Crippen LogP contribution >= 0.6 is 0 Å². The number of fused-ring (bicyclic) bond motifs is 1. The predicted molar refractivity (Wildman–Crippen MR) is 84.9 cm³/mol. The van der Waals surface area contributed by atoms with Crippen molar-refractivity contribution in [3.05, 3.63) is 18.0 Å². The maximum Gasteiger partial charge on any atom is 0.248 e. The van der Waals surface area contributed by atoms with Crippen molar-refractivity contribution < 1.29 is 14.3 Å². The molecule has 0 aromatic carbocycles. The smallest absolute Gasteiger partial charge is 0.248 e. The van der Waals surface area contributed by atoms with Gasteiger partial charge in [-0.3, -0.25) is 14.4 Å². The van der Waals surface area contributed by atoms with Crippen LogP contribution < -0.4 is 0 Å². The van der Waals surface area contributed by atoms with Crippen LogP contribution in [0.15, 0.2) is 12.3 Å². The van der Waals surface area contributed by atoms with Gasteiger partial charge in [0.1, 0.15) is 6.61 Å². The van der Waals surface area contributed by atoms with Crippen LogP contribution in [0.3, 0.4) is 0 Å². The Morgan fingerprint density at radius 1 is 1.48 bits per heavy atom. The molecule has 1 amide bonds. The number of hydrogen-bond acceptors (Lipinski definition) is 5. The summed E-state index contributed by atoms with van der Waals surface area (Å²) in [5.41, 5.74) is 1.24. The van der Waals surface area contributed by atoms with Crippen molar-refractivity contribution in [2.45, 2.75) is 25.6 Å². The first-order valence-electron chi connectivity index (χ1n) is 8.24. The Hall–Kier alpha value is -1.44. The lowest BCUT2D eigenvalue weighted by Crippen LogP contribution is -2.39. The summed E-state index contributed by atoms with van der Waals surface area (Å²) >= 11 is 0. The monoisotopic (exact) mass is 322 g/mol. The molecule has 0 saturated carbocycles. The summed E-state index contributed by atoms with van der Waals surface area (Å²) in [4.78, 5) is 15.7. The Kier molecular flexibility index (Phi) is 5.30. The number of likely N-dealkylation sites (N-methyl/N-ethyl adjacent to an activating group) is 1. The van der Waals surface area contributed by atoms with Gasteiger partial charge in [0.15, 0.2) is 0 Å². The molecule has 7 heteroatoms. The van der Waals surface area contributed by atoms with Crippen molar-refractivity contribution in [2.24, 2.45) is 5.92 Å². The molecule has 0 radical (unpaired) electrons. The van der Waals surface area contributed by atoms with Crippen LogP contribution in [0, 0.1) is 5.92 Å². The quantitative estimate of drug-likeness (QED) is 0.775. The van der Waals surface area contributed by atoms with Crippen LogP contribution in [-0.4, -0.2) is 78.6 Å². The van der Waals surface area contributed by atoms with Gasteiger partial charge in [-0.2, -0.15) is 5.10 Å². The second-order valence-corrected chi connectivity index (χ2v) is 6.62. The molecule has 1 fully saturated rings. The second kappa shape index (κ2) is 7.42. The highest BCUT2D eigenvalue weighted by atomic mass is 16.5. The van der Waals surface area contributed by atoms with Gasteiger partial charge in [-0.25, -0.2) is 0 Å². The van der Waals surface area contributed by atoms with E-state index in [0.717, 1.165) is 39.3 Å². The summed E-state index contributed by atoms with van der Waals surface area (Å²) in [6.07, 6.45) is 2.94. The summed E-state index contributed by atoms with van der Waals surface area (Å²) in [6.45, 7) is 5.06. The Morgan fingerprint density at radius 2 is 2.35 bits per heavy atom. The van der Waals surface area contributed by atoms with E-state index in [1.807, 2.05) is 6.20 Å². The zero-order chi connectivity index (χ0) is 16.2. The van der Waals surface area contributed by atoms with Crippen molar-refractivity contribution in [3.63, 3.8) is 0 Å². The van der Waals surface area contributed by atoms with E-state index in [9.17, 15) is 4.79 Å². The molecule has 7 nitrogen and oxygen atoms in total. The normalized spacial score (nSPS) is 25.1. The fourth-order valence-electron chi connectivity index (χ4n) is 3.20. The Labute approximate surface area is 137 Å². The summed E-state index contributed by atoms with van der Waals surface area (Å²) in [7, 11) is 3.49. The Morgan fingerprint density at radius 3 is 3.09 bits per heavy atom. The molecule has 2 aliphatic heterocycles. The van der Waals surface area contributed by atoms with Crippen LogP contribution in [0.4, 0.5) is 0 Å². The minimum Gasteiger partial charge on any atom is -0.380 e. The fraction of sp³-hybridized carbons (Fsp3) is 0.750. The van der Waals surface area contributed by atoms with Crippen LogP contribution in [0.1, 0.15) is 12.1 Å². The summed E-state index contributed by atoms with van der Waals surface area (Å²) in [5, 5.41) is 4.43. The molecule has 0 bridgehead atoms. The highest BCUT2D eigenvalue weighted by molar-refractivity contribution is 5.76. The van der Waals surface area contributed by atoms with E-state index in [4.69, 9.17) is 9.47 Å². The van der Waals surface area contributed by atoms with E-state index in [2.05, 4.69) is 20.7 Å². The largest absolute Gasteiger partial charge is 0.380 e. The van der Waals surface area contributed by atoms with E-state index < -0.39 is 0 Å². The number of rotatable bonds is 5. The summed E-state index contributed by atoms with van der Waals surface area (Å²) < 4.78 is 13.3. The average molecular weight is 322 g/mol. The molecule has 2 unspecified atom stereocenters. The molecule has 2 aliphatic rings. The van der Waals surface area contributed by atoms with E-state index in [1.54, 1.807) is 19.0 Å². The van der Waals surface area contributed by atoms with Crippen LogP contribution in [0.25, 0.3) is 0 Å². The standard InChI is InChI=1S/C16H26N4O3/c1-18(2)16(21)12-23-10-13-7-19(15-4-6-22-11-15)9-14-3-5-17-20(14)8-13/h3,5,13,15H,4,6-12H2,1-2H3. The Bertz CT molecular complexity index is 525. The van der Waals surface area contributed by atoms with Crippen LogP contribution in [-0.2, 0) is 27.4 Å². The molecule has 2 atom stereocenters. The van der Waals surface area contributed by atoms with Gasteiger partial charge in [0, 0.05) is 58.5 Å². The first kappa shape index (κ1) is 16.4. The van der Waals surface area contributed by atoms with E-state index in [1.165, 1.54) is 5.69 Å². The molecule has 1 aromatic rings. The fourth-order valence-corrected chi connectivity index (χ4v) is 3.20. The minimum absolute atomic E-state index is 0.000510.